The zero-order valence-electron chi connectivity index (χ0n) is 10.2. The van der Waals surface area contributed by atoms with Crippen LogP contribution in [0.25, 0.3) is 0 Å². The number of nitrogens with two attached hydrogens (primary N) is 1. The summed E-state index contributed by atoms with van der Waals surface area (Å²) in [4.78, 5) is 6.84. The van der Waals surface area contributed by atoms with E-state index in [2.05, 4.69) is 23.7 Å². The zero-order valence-corrected chi connectivity index (χ0v) is 10.2. The Kier molecular flexibility index (Phi) is 3.32. The molecule has 1 aromatic rings. The molecule has 0 unspecified atom stereocenters. The van der Waals surface area contributed by atoms with Crippen LogP contribution in [0.1, 0.15) is 31.7 Å². The number of rotatable bonds is 2. The molecular formula is C13H21N3. The average molecular weight is 219 g/mol. The van der Waals surface area contributed by atoms with E-state index in [1.165, 1.54) is 24.8 Å². The highest BCUT2D eigenvalue weighted by Gasteiger charge is 2.19. The van der Waals surface area contributed by atoms with E-state index >= 15 is 0 Å². The summed E-state index contributed by atoms with van der Waals surface area (Å²) in [6, 6.07) is 2.01. The minimum Gasteiger partial charge on any atom is -0.397 e. The number of hydrogen-bond acceptors (Lipinski definition) is 3. The van der Waals surface area contributed by atoms with E-state index in [1.807, 2.05) is 6.07 Å². The van der Waals surface area contributed by atoms with Crippen molar-refractivity contribution < 1.29 is 0 Å². The van der Waals surface area contributed by atoms with Crippen LogP contribution in [0, 0.1) is 12.8 Å². The first-order valence-corrected chi connectivity index (χ1v) is 6.17. The maximum absolute atomic E-state index is 5.72. The Morgan fingerprint density at radius 1 is 1.44 bits per heavy atom. The number of aryl methyl sites for hydroxylation is 1. The second kappa shape index (κ2) is 4.73. The first kappa shape index (κ1) is 11.2. The summed E-state index contributed by atoms with van der Waals surface area (Å²) in [6.07, 6.45) is 5.65. The number of anilines is 2. The van der Waals surface area contributed by atoms with E-state index in [0.717, 1.165) is 30.5 Å². The number of piperidine rings is 1. The summed E-state index contributed by atoms with van der Waals surface area (Å²) in [5.74, 6) is 2.02. The van der Waals surface area contributed by atoms with E-state index in [4.69, 9.17) is 5.73 Å². The van der Waals surface area contributed by atoms with Crippen molar-refractivity contribution in [2.75, 3.05) is 23.7 Å². The topological polar surface area (TPSA) is 42.2 Å². The van der Waals surface area contributed by atoms with Gasteiger partial charge in [-0.05, 0) is 37.3 Å². The third-order valence-electron chi connectivity index (χ3n) is 3.56. The molecule has 3 nitrogen and oxygen atoms in total. The van der Waals surface area contributed by atoms with Crippen molar-refractivity contribution in [3.63, 3.8) is 0 Å². The summed E-state index contributed by atoms with van der Waals surface area (Å²) >= 11 is 0. The highest BCUT2D eigenvalue weighted by atomic mass is 15.2. The van der Waals surface area contributed by atoms with Gasteiger partial charge in [0.15, 0.2) is 0 Å². The van der Waals surface area contributed by atoms with Crippen LogP contribution >= 0.6 is 0 Å². The van der Waals surface area contributed by atoms with Crippen LogP contribution in [0.4, 0.5) is 11.5 Å². The number of nitrogens with zero attached hydrogens (tertiary/aromatic N) is 2. The maximum atomic E-state index is 5.72. The quantitative estimate of drug-likeness (QED) is 0.831. The Labute approximate surface area is 97.7 Å². The average Bonchev–Trinajstić information content (AvgIpc) is 2.29. The van der Waals surface area contributed by atoms with Crippen LogP contribution in [-0.2, 0) is 0 Å². The van der Waals surface area contributed by atoms with Crippen molar-refractivity contribution in [2.45, 2.75) is 33.1 Å². The first-order chi connectivity index (χ1) is 7.70. The molecule has 0 atom stereocenters. The predicted octanol–water partition coefficient (Wildman–Crippen LogP) is 2.60. The molecule has 0 bridgehead atoms. The van der Waals surface area contributed by atoms with Gasteiger partial charge in [0.1, 0.15) is 5.82 Å². The van der Waals surface area contributed by atoms with Gasteiger partial charge in [-0.1, -0.05) is 13.3 Å². The van der Waals surface area contributed by atoms with Crippen LogP contribution in [0.2, 0.25) is 0 Å². The van der Waals surface area contributed by atoms with E-state index < -0.39 is 0 Å². The van der Waals surface area contributed by atoms with Gasteiger partial charge in [0.2, 0.25) is 0 Å². The van der Waals surface area contributed by atoms with Crippen LogP contribution < -0.4 is 10.6 Å². The molecule has 2 N–H and O–H groups in total. The van der Waals surface area contributed by atoms with Crippen LogP contribution in [-0.4, -0.2) is 18.1 Å². The molecule has 1 fully saturated rings. The normalized spacial score (nSPS) is 17.8. The van der Waals surface area contributed by atoms with Crippen molar-refractivity contribution in [1.82, 2.24) is 4.98 Å². The Balaban J connectivity index is 2.08. The largest absolute Gasteiger partial charge is 0.397 e. The second-order valence-electron chi connectivity index (χ2n) is 4.75. The highest BCUT2D eigenvalue weighted by molar-refractivity contribution is 5.52. The molecule has 0 aromatic carbocycles. The lowest BCUT2D eigenvalue weighted by molar-refractivity contribution is 0.393. The highest BCUT2D eigenvalue weighted by Crippen LogP contribution is 2.26. The molecule has 0 spiro atoms. The molecule has 1 aliphatic rings. The third-order valence-corrected chi connectivity index (χ3v) is 3.56. The second-order valence-corrected chi connectivity index (χ2v) is 4.75. The van der Waals surface area contributed by atoms with Gasteiger partial charge in [-0.3, -0.25) is 0 Å². The lowest BCUT2D eigenvalue weighted by atomic mass is 9.94. The fourth-order valence-electron chi connectivity index (χ4n) is 2.47. The Bertz CT molecular complexity index is 354. The van der Waals surface area contributed by atoms with Crippen molar-refractivity contribution in [3.05, 3.63) is 17.8 Å². The fraction of sp³-hybridized carbons (Fsp3) is 0.615. The fourth-order valence-corrected chi connectivity index (χ4v) is 2.47. The summed E-state index contributed by atoms with van der Waals surface area (Å²) in [7, 11) is 0. The van der Waals surface area contributed by atoms with Gasteiger partial charge >= 0.3 is 0 Å². The number of hydrogen-bond donors (Lipinski definition) is 1. The predicted molar refractivity (Wildman–Crippen MR) is 68.6 cm³/mol. The SMILES string of the molecule is CCC1CCN(c2ncc(N)cc2C)CC1. The molecule has 2 rings (SSSR count). The minimum atomic E-state index is 0.754. The number of nitrogen functional groups attached to an aromatic ring is 1. The van der Waals surface area contributed by atoms with Crippen molar-refractivity contribution in [1.29, 1.82) is 0 Å². The molecule has 2 heterocycles. The van der Waals surface area contributed by atoms with Gasteiger partial charge < -0.3 is 10.6 Å². The molecule has 0 radical (unpaired) electrons. The number of pyridine rings is 1. The Hall–Kier alpha value is -1.25. The molecule has 0 saturated carbocycles. The summed E-state index contributed by atoms with van der Waals surface area (Å²) in [5.41, 5.74) is 7.66. The molecule has 1 saturated heterocycles. The molecule has 1 aromatic heterocycles. The minimum absolute atomic E-state index is 0.754. The Morgan fingerprint density at radius 2 is 2.12 bits per heavy atom. The maximum Gasteiger partial charge on any atom is 0.131 e. The van der Waals surface area contributed by atoms with Crippen molar-refractivity contribution in [3.8, 4) is 0 Å². The molecule has 1 aliphatic heterocycles. The van der Waals surface area contributed by atoms with Gasteiger partial charge in [0.05, 0.1) is 11.9 Å². The first-order valence-electron chi connectivity index (χ1n) is 6.17. The number of aromatic nitrogens is 1. The van der Waals surface area contributed by atoms with Crippen molar-refractivity contribution in [2.24, 2.45) is 5.92 Å². The van der Waals surface area contributed by atoms with E-state index in [1.54, 1.807) is 6.20 Å². The smallest absolute Gasteiger partial charge is 0.131 e. The molecule has 0 amide bonds. The zero-order chi connectivity index (χ0) is 11.5. The van der Waals surface area contributed by atoms with Gasteiger partial charge in [-0.15, -0.1) is 0 Å². The summed E-state index contributed by atoms with van der Waals surface area (Å²) < 4.78 is 0. The van der Waals surface area contributed by atoms with Crippen LogP contribution in [0.15, 0.2) is 12.3 Å². The lowest BCUT2D eigenvalue weighted by Crippen LogP contribution is -2.34. The van der Waals surface area contributed by atoms with Gasteiger partial charge in [-0.25, -0.2) is 4.98 Å². The van der Waals surface area contributed by atoms with Gasteiger partial charge in [0.25, 0.3) is 0 Å². The van der Waals surface area contributed by atoms with Crippen LogP contribution in [0.3, 0.4) is 0 Å². The third kappa shape index (κ3) is 2.29. The van der Waals surface area contributed by atoms with E-state index in [0.29, 0.717) is 0 Å². The Morgan fingerprint density at radius 3 is 2.69 bits per heavy atom. The van der Waals surface area contributed by atoms with Gasteiger partial charge in [-0.2, -0.15) is 0 Å². The summed E-state index contributed by atoms with van der Waals surface area (Å²) in [6.45, 7) is 6.64. The van der Waals surface area contributed by atoms with E-state index in [9.17, 15) is 0 Å². The standard InChI is InChI=1S/C13H21N3/c1-3-11-4-6-16(7-5-11)13-10(2)8-12(14)9-15-13/h8-9,11H,3-7,14H2,1-2H3. The molecule has 0 aliphatic carbocycles. The molecule has 16 heavy (non-hydrogen) atoms. The lowest BCUT2D eigenvalue weighted by Gasteiger charge is -2.33. The molecule has 3 heteroatoms. The van der Waals surface area contributed by atoms with Gasteiger partial charge in [0, 0.05) is 13.1 Å². The van der Waals surface area contributed by atoms with Crippen LogP contribution in [0.5, 0.6) is 0 Å². The molecular weight excluding hydrogens is 198 g/mol. The summed E-state index contributed by atoms with van der Waals surface area (Å²) in [5, 5.41) is 0. The van der Waals surface area contributed by atoms with Crippen molar-refractivity contribution >= 4 is 11.5 Å². The van der Waals surface area contributed by atoms with E-state index in [-0.39, 0.29) is 0 Å². The monoisotopic (exact) mass is 219 g/mol. The molecule has 88 valence electrons.